The number of fused-ring (bicyclic) bond motifs is 1. The molecule has 0 aliphatic heterocycles. The fourth-order valence-corrected chi connectivity index (χ4v) is 7.05. The van der Waals surface area contributed by atoms with Gasteiger partial charge in [0.15, 0.2) is 17.5 Å². The Balaban J connectivity index is 1.02. The monoisotopic (exact) mass is 709 g/mol. The van der Waals surface area contributed by atoms with Crippen LogP contribution in [0.3, 0.4) is 0 Å². The average molecular weight is 710 g/mol. The van der Waals surface area contributed by atoms with Crippen LogP contribution < -0.4 is 5.32 Å². The van der Waals surface area contributed by atoms with E-state index in [1.54, 1.807) is 12.4 Å². The first-order valence-corrected chi connectivity index (χ1v) is 18.3. The van der Waals surface area contributed by atoms with E-state index in [0.717, 1.165) is 55.7 Å². The maximum absolute atomic E-state index is 9.64. The fraction of sp³-hybridized carbons (Fsp3) is 0.0417. The molecule has 55 heavy (non-hydrogen) atoms. The number of para-hydroxylation sites is 1. The van der Waals surface area contributed by atoms with Crippen LogP contribution in [0.5, 0.6) is 0 Å². The van der Waals surface area contributed by atoms with Crippen molar-refractivity contribution >= 4 is 33.4 Å². The minimum atomic E-state index is -0.107. The highest BCUT2D eigenvalue weighted by Crippen LogP contribution is 2.36. The average Bonchev–Trinajstić information content (AvgIpc) is 3.27. The highest BCUT2D eigenvalue weighted by atomic mass is 15.0. The number of benzene rings is 5. The molecule has 0 spiro atoms. The minimum Gasteiger partial charge on any atom is -0.355 e. The molecule has 0 bridgehead atoms. The summed E-state index contributed by atoms with van der Waals surface area (Å²) in [7, 11) is 0. The summed E-state index contributed by atoms with van der Waals surface area (Å²) in [6.07, 6.45) is 10.6. The number of hydrogen-bond acceptors (Lipinski definition) is 7. The summed E-state index contributed by atoms with van der Waals surface area (Å²) in [4.78, 5) is 23.8. The Morgan fingerprint density at radius 1 is 0.564 bits per heavy atom. The number of pyridine rings is 2. The van der Waals surface area contributed by atoms with Crippen LogP contribution in [0, 0.1) is 11.3 Å². The quantitative estimate of drug-likeness (QED) is 0.145. The lowest BCUT2D eigenvalue weighted by molar-refractivity contribution is 0.878. The van der Waals surface area contributed by atoms with Crippen LogP contribution in [0.2, 0.25) is 0 Å². The zero-order valence-corrected chi connectivity index (χ0v) is 29.8. The van der Waals surface area contributed by atoms with Gasteiger partial charge in [-0.2, -0.15) is 0 Å². The van der Waals surface area contributed by atoms with Crippen molar-refractivity contribution in [2.45, 2.75) is 6.42 Å². The van der Waals surface area contributed by atoms with Gasteiger partial charge >= 0.3 is 0 Å². The van der Waals surface area contributed by atoms with Gasteiger partial charge in [-0.1, -0.05) is 121 Å². The van der Waals surface area contributed by atoms with Crippen LogP contribution in [-0.4, -0.2) is 30.6 Å². The molecule has 5 aromatic carbocycles. The van der Waals surface area contributed by atoms with E-state index in [9.17, 15) is 5.41 Å². The molecule has 0 fully saturated rings. The van der Waals surface area contributed by atoms with E-state index >= 15 is 0 Å². The second-order valence-corrected chi connectivity index (χ2v) is 13.4. The maximum atomic E-state index is 9.64. The van der Waals surface area contributed by atoms with Crippen molar-refractivity contribution in [3.63, 3.8) is 0 Å². The third kappa shape index (κ3) is 7.06. The molecule has 7 heteroatoms. The van der Waals surface area contributed by atoms with E-state index in [1.165, 1.54) is 5.57 Å². The first kappa shape index (κ1) is 33.5. The molecular formula is C48H35N7. The predicted octanol–water partition coefficient (Wildman–Crippen LogP) is 11.3. The molecule has 0 saturated carbocycles. The van der Waals surface area contributed by atoms with Gasteiger partial charge in [0.2, 0.25) is 0 Å². The van der Waals surface area contributed by atoms with Gasteiger partial charge in [0.05, 0.1) is 5.69 Å². The topological polar surface area (TPSA) is 100 Å². The third-order valence-corrected chi connectivity index (χ3v) is 9.82. The Morgan fingerprint density at radius 2 is 1.22 bits per heavy atom. The third-order valence-electron chi connectivity index (χ3n) is 9.82. The second kappa shape index (κ2) is 14.9. The summed E-state index contributed by atoms with van der Waals surface area (Å²) in [5.74, 6) is 1.53. The van der Waals surface area contributed by atoms with Crippen LogP contribution in [-0.2, 0) is 0 Å². The van der Waals surface area contributed by atoms with Crippen molar-refractivity contribution in [1.29, 1.82) is 5.41 Å². The summed E-state index contributed by atoms with van der Waals surface area (Å²) in [5.41, 5.74) is 9.89. The van der Waals surface area contributed by atoms with Gasteiger partial charge in [0.25, 0.3) is 0 Å². The van der Waals surface area contributed by atoms with E-state index in [-0.39, 0.29) is 5.92 Å². The van der Waals surface area contributed by atoms with Gasteiger partial charge in [-0.3, -0.25) is 4.98 Å². The van der Waals surface area contributed by atoms with Gasteiger partial charge in [0, 0.05) is 57.7 Å². The molecule has 7 nitrogen and oxygen atoms in total. The molecule has 3 aromatic heterocycles. The number of allylic oxidation sites excluding steroid dienone is 4. The summed E-state index contributed by atoms with van der Waals surface area (Å²) in [6, 6.07) is 50.8. The molecule has 0 saturated heterocycles. The molecule has 1 aliphatic rings. The molecule has 9 rings (SSSR count). The van der Waals surface area contributed by atoms with Gasteiger partial charge < -0.3 is 10.7 Å². The smallest absolute Gasteiger partial charge is 0.182 e. The SMILES string of the molecule is N=C(c1c(Nc2ccccc2)ccc2ccccc12)C1C=CC=C(c2cccc(-c3cccc(-c4nc(-c5ccccc5)nc(-c5ccncc5)n4)n3)c2)C1. The number of aromatic nitrogens is 5. The Kier molecular flexibility index (Phi) is 9.08. The number of rotatable bonds is 9. The van der Waals surface area contributed by atoms with E-state index in [1.807, 2.05) is 103 Å². The number of nitrogens with zero attached hydrogens (tertiary/aromatic N) is 5. The normalized spacial score (nSPS) is 13.7. The number of hydrogen-bond donors (Lipinski definition) is 2. The second-order valence-electron chi connectivity index (χ2n) is 13.4. The number of nitrogens with one attached hydrogen (secondary N) is 2. The summed E-state index contributed by atoms with van der Waals surface area (Å²) in [5, 5.41) is 15.4. The molecule has 0 amide bonds. The van der Waals surface area contributed by atoms with Crippen molar-refractivity contribution < 1.29 is 0 Å². The Bertz CT molecular complexity index is 2670. The lowest BCUT2D eigenvalue weighted by Gasteiger charge is -2.23. The minimum absolute atomic E-state index is 0.107. The summed E-state index contributed by atoms with van der Waals surface area (Å²) >= 11 is 0. The van der Waals surface area contributed by atoms with Crippen molar-refractivity contribution in [3.8, 4) is 45.6 Å². The molecule has 8 aromatic rings. The molecular weight excluding hydrogens is 675 g/mol. The maximum Gasteiger partial charge on any atom is 0.182 e. The number of anilines is 2. The van der Waals surface area contributed by atoms with Crippen molar-refractivity contribution in [2.24, 2.45) is 5.92 Å². The van der Waals surface area contributed by atoms with Crippen LogP contribution in [0.25, 0.3) is 61.9 Å². The van der Waals surface area contributed by atoms with Crippen LogP contribution in [0.1, 0.15) is 17.5 Å². The van der Waals surface area contributed by atoms with Gasteiger partial charge in [-0.05, 0) is 76.9 Å². The van der Waals surface area contributed by atoms with E-state index < -0.39 is 0 Å². The lowest BCUT2D eigenvalue weighted by atomic mass is 9.83. The summed E-state index contributed by atoms with van der Waals surface area (Å²) in [6.45, 7) is 0. The highest BCUT2D eigenvalue weighted by molar-refractivity contribution is 6.16. The molecule has 1 unspecified atom stereocenters. The van der Waals surface area contributed by atoms with Crippen LogP contribution in [0.4, 0.5) is 11.4 Å². The highest BCUT2D eigenvalue weighted by Gasteiger charge is 2.23. The Hall–Kier alpha value is -7.38. The zero-order valence-electron chi connectivity index (χ0n) is 29.8. The molecule has 262 valence electrons. The van der Waals surface area contributed by atoms with Gasteiger partial charge in [-0.25, -0.2) is 19.9 Å². The molecule has 1 atom stereocenters. The fourth-order valence-electron chi connectivity index (χ4n) is 7.05. The standard InChI is InChI=1S/C48H35N7/c49-45(44-40-21-8-7-12-32(40)24-25-42(44)51-39-19-5-2-6-20-39)38-18-10-16-36(31-38)35-15-9-17-37(30-35)41-22-11-23-43(52-41)48-54-46(33-13-3-1-4-14-33)53-47(55-48)34-26-28-50-29-27-34/h1-30,38,49,51H,31H2. The van der Waals surface area contributed by atoms with E-state index in [2.05, 4.69) is 77.1 Å². The predicted molar refractivity (Wildman–Crippen MR) is 223 cm³/mol. The summed E-state index contributed by atoms with van der Waals surface area (Å²) < 4.78 is 0. The largest absolute Gasteiger partial charge is 0.355 e. The van der Waals surface area contributed by atoms with Crippen molar-refractivity contribution in [1.82, 2.24) is 24.9 Å². The van der Waals surface area contributed by atoms with Crippen molar-refractivity contribution in [3.05, 3.63) is 193 Å². The Morgan fingerprint density at radius 3 is 2.04 bits per heavy atom. The van der Waals surface area contributed by atoms with Gasteiger partial charge in [0.1, 0.15) is 5.69 Å². The van der Waals surface area contributed by atoms with Gasteiger partial charge in [-0.15, -0.1) is 0 Å². The first-order chi connectivity index (χ1) is 27.2. The molecule has 0 radical (unpaired) electrons. The van der Waals surface area contributed by atoms with Crippen LogP contribution >= 0.6 is 0 Å². The van der Waals surface area contributed by atoms with Crippen molar-refractivity contribution in [2.75, 3.05) is 5.32 Å². The Labute approximate surface area is 319 Å². The molecule has 2 N–H and O–H groups in total. The van der Waals surface area contributed by atoms with E-state index in [4.69, 9.17) is 19.9 Å². The molecule has 3 heterocycles. The van der Waals surface area contributed by atoms with Crippen LogP contribution in [0.15, 0.2) is 182 Å². The van der Waals surface area contributed by atoms with E-state index in [0.29, 0.717) is 35.3 Å². The molecule has 1 aliphatic carbocycles. The zero-order chi connectivity index (χ0) is 37.0. The first-order valence-electron chi connectivity index (χ1n) is 18.3. The lowest BCUT2D eigenvalue weighted by Crippen LogP contribution is -2.17.